The number of aromatic nitrogens is 2. The topological polar surface area (TPSA) is 71.7 Å². The molecule has 0 spiro atoms. The first-order valence-electron chi connectivity index (χ1n) is 11.6. The van der Waals surface area contributed by atoms with Crippen molar-refractivity contribution in [3.8, 4) is 11.5 Å². The molecule has 1 fully saturated rings. The van der Waals surface area contributed by atoms with E-state index >= 15 is 0 Å². The Morgan fingerprint density at radius 1 is 1.09 bits per heavy atom. The van der Waals surface area contributed by atoms with Crippen molar-refractivity contribution < 1.29 is 13.9 Å². The molecule has 1 amide bonds. The molecule has 1 aromatic heterocycles. The molecule has 3 aromatic rings. The summed E-state index contributed by atoms with van der Waals surface area (Å²) in [6.45, 7) is 5.98. The predicted molar refractivity (Wildman–Crippen MR) is 135 cm³/mol. The van der Waals surface area contributed by atoms with Gasteiger partial charge in [-0.05, 0) is 56.5 Å². The minimum atomic E-state index is 0.0309. The van der Waals surface area contributed by atoms with E-state index in [1.165, 1.54) is 11.8 Å². The summed E-state index contributed by atoms with van der Waals surface area (Å²) in [6.07, 6.45) is 2.12. The van der Waals surface area contributed by atoms with Crippen LogP contribution in [0.2, 0.25) is 0 Å². The lowest BCUT2D eigenvalue weighted by Crippen LogP contribution is -2.38. The number of hydrogen-bond donors (Lipinski definition) is 0. The Morgan fingerprint density at radius 3 is 2.47 bits per heavy atom. The average Bonchev–Trinajstić information content (AvgIpc) is 3.49. The van der Waals surface area contributed by atoms with Gasteiger partial charge in [-0.1, -0.05) is 41.1 Å². The lowest BCUT2D eigenvalue weighted by Gasteiger charge is -2.25. The number of carbonyl (C=O) groups excluding carboxylic acids is 1. The number of benzene rings is 2. The second-order valence-electron chi connectivity index (χ2n) is 9.01. The number of nitrogens with zero attached hydrogens (tertiary/aromatic N) is 4. The van der Waals surface area contributed by atoms with Crippen LogP contribution in [-0.2, 0) is 16.1 Å². The fraction of sp³-hybridized carbons (Fsp3) is 0.423. The van der Waals surface area contributed by atoms with E-state index in [0.717, 1.165) is 47.4 Å². The van der Waals surface area contributed by atoms with E-state index in [9.17, 15) is 4.79 Å². The van der Waals surface area contributed by atoms with Crippen LogP contribution in [0, 0.1) is 13.8 Å². The Balaban J connectivity index is 1.41. The first kappa shape index (κ1) is 24.3. The Hall–Kier alpha value is -2.84. The zero-order valence-corrected chi connectivity index (χ0v) is 21.1. The molecule has 8 heteroatoms. The van der Waals surface area contributed by atoms with Gasteiger partial charge in [-0.25, -0.2) is 0 Å². The van der Waals surface area contributed by atoms with Gasteiger partial charge >= 0.3 is 0 Å². The van der Waals surface area contributed by atoms with Gasteiger partial charge in [-0.2, -0.15) is 0 Å². The molecule has 0 bridgehead atoms. The number of ether oxygens (including phenoxy) is 1. The van der Waals surface area contributed by atoms with Crippen molar-refractivity contribution in [3.05, 3.63) is 59.2 Å². The zero-order chi connectivity index (χ0) is 24.1. The third-order valence-corrected chi connectivity index (χ3v) is 6.62. The number of hydrogen-bond acceptors (Lipinski definition) is 7. The fourth-order valence-corrected chi connectivity index (χ4v) is 4.77. The molecule has 0 radical (unpaired) electrons. The SMILES string of the molecule is Cc1cc(C)cc(-c2nnc(SCC(=O)N(Cc3ccc(N(C)C)cc3)C[C@@H]3CCCO3)o2)c1. The number of carbonyl (C=O) groups is 1. The lowest BCUT2D eigenvalue weighted by atomic mass is 10.1. The van der Waals surface area contributed by atoms with Gasteiger partial charge in [-0.15, -0.1) is 10.2 Å². The molecule has 1 aliphatic rings. The molecule has 34 heavy (non-hydrogen) atoms. The monoisotopic (exact) mass is 480 g/mol. The maximum atomic E-state index is 13.2. The Morgan fingerprint density at radius 2 is 1.82 bits per heavy atom. The summed E-state index contributed by atoms with van der Waals surface area (Å²) in [5.74, 6) is 0.735. The highest BCUT2D eigenvalue weighted by atomic mass is 32.2. The van der Waals surface area contributed by atoms with Gasteiger partial charge in [0.05, 0.1) is 11.9 Å². The van der Waals surface area contributed by atoms with E-state index in [1.807, 2.05) is 45.0 Å². The van der Waals surface area contributed by atoms with Gasteiger partial charge in [0.2, 0.25) is 11.8 Å². The molecule has 2 aromatic carbocycles. The summed E-state index contributed by atoms with van der Waals surface area (Å²) in [4.78, 5) is 17.1. The van der Waals surface area contributed by atoms with Gasteiger partial charge in [0, 0.05) is 45.0 Å². The Kier molecular flexibility index (Phi) is 7.90. The van der Waals surface area contributed by atoms with Crippen molar-refractivity contribution in [2.24, 2.45) is 0 Å². The summed E-state index contributed by atoms with van der Waals surface area (Å²) in [7, 11) is 4.03. The third-order valence-electron chi connectivity index (χ3n) is 5.82. The van der Waals surface area contributed by atoms with E-state index in [-0.39, 0.29) is 17.8 Å². The molecule has 2 heterocycles. The highest BCUT2D eigenvalue weighted by Gasteiger charge is 2.23. The van der Waals surface area contributed by atoms with Gasteiger partial charge < -0.3 is 19.0 Å². The molecule has 1 aliphatic heterocycles. The number of aryl methyl sites for hydroxylation is 2. The number of rotatable bonds is 9. The quantitative estimate of drug-likeness (QED) is 0.410. The second-order valence-corrected chi connectivity index (χ2v) is 9.93. The molecule has 1 saturated heterocycles. The van der Waals surface area contributed by atoms with Crippen molar-refractivity contribution in [2.45, 2.75) is 44.6 Å². The standard InChI is InChI=1S/C26H32N4O3S/c1-18-12-19(2)14-21(13-18)25-27-28-26(33-25)34-17-24(31)30(16-23-6-5-11-32-23)15-20-7-9-22(10-8-20)29(3)4/h7-10,12-14,23H,5-6,11,15-17H2,1-4H3/t23-/m0/s1. The van der Waals surface area contributed by atoms with Crippen LogP contribution in [0.25, 0.3) is 11.5 Å². The van der Waals surface area contributed by atoms with Crippen LogP contribution in [0.4, 0.5) is 5.69 Å². The van der Waals surface area contributed by atoms with Crippen LogP contribution < -0.4 is 4.90 Å². The normalized spacial score (nSPS) is 15.5. The smallest absolute Gasteiger partial charge is 0.277 e. The minimum Gasteiger partial charge on any atom is -0.411 e. The van der Waals surface area contributed by atoms with Crippen LogP contribution in [-0.4, -0.2) is 60.1 Å². The minimum absolute atomic E-state index is 0.0309. The highest BCUT2D eigenvalue weighted by molar-refractivity contribution is 7.99. The molecule has 1 atom stereocenters. The average molecular weight is 481 g/mol. The van der Waals surface area contributed by atoms with Gasteiger partial charge in [0.25, 0.3) is 5.22 Å². The summed E-state index contributed by atoms with van der Waals surface area (Å²) in [5, 5.41) is 8.72. The van der Waals surface area contributed by atoms with Crippen molar-refractivity contribution in [3.63, 3.8) is 0 Å². The molecule has 0 aliphatic carbocycles. The summed E-state index contributed by atoms with van der Waals surface area (Å²) < 4.78 is 11.6. The summed E-state index contributed by atoms with van der Waals surface area (Å²) in [5.41, 5.74) is 5.40. The van der Waals surface area contributed by atoms with E-state index in [0.29, 0.717) is 24.2 Å². The van der Waals surface area contributed by atoms with Crippen LogP contribution in [0.1, 0.15) is 29.5 Å². The molecule has 180 valence electrons. The van der Waals surface area contributed by atoms with Crippen LogP contribution in [0.3, 0.4) is 0 Å². The second kappa shape index (κ2) is 11.1. The number of anilines is 1. The maximum absolute atomic E-state index is 13.2. The Labute approximate surface area is 205 Å². The van der Waals surface area contributed by atoms with Gasteiger partial charge in [0.15, 0.2) is 0 Å². The first-order chi connectivity index (χ1) is 16.4. The van der Waals surface area contributed by atoms with Crippen LogP contribution >= 0.6 is 11.8 Å². The van der Waals surface area contributed by atoms with Crippen molar-refractivity contribution in [1.82, 2.24) is 15.1 Å². The van der Waals surface area contributed by atoms with Crippen molar-refractivity contribution in [1.29, 1.82) is 0 Å². The van der Waals surface area contributed by atoms with E-state index in [1.54, 1.807) is 0 Å². The van der Waals surface area contributed by atoms with E-state index in [2.05, 4.69) is 45.4 Å². The van der Waals surface area contributed by atoms with Crippen molar-refractivity contribution >= 4 is 23.4 Å². The number of amides is 1. The molecular formula is C26H32N4O3S. The van der Waals surface area contributed by atoms with Gasteiger partial charge in [-0.3, -0.25) is 4.79 Å². The number of thioether (sulfide) groups is 1. The lowest BCUT2D eigenvalue weighted by molar-refractivity contribution is -0.130. The maximum Gasteiger partial charge on any atom is 0.277 e. The Bertz CT molecular complexity index is 1090. The largest absolute Gasteiger partial charge is 0.411 e. The fourth-order valence-electron chi connectivity index (χ4n) is 4.11. The van der Waals surface area contributed by atoms with Crippen LogP contribution in [0.15, 0.2) is 52.1 Å². The molecule has 0 unspecified atom stereocenters. The van der Waals surface area contributed by atoms with Crippen LogP contribution in [0.5, 0.6) is 0 Å². The summed E-state index contributed by atoms with van der Waals surface area (Å²) in [6, 6.07) is 14.4. The summed E-state index contributed by atoms with van der Waals surface area (Å²) >= 11 is 1.28. The predicted octanol–water partition coefficient (Wildman–Crippen LogP) is 4.72. The molecule has 4 rings (SSSR count). The highest BCUT2D eigenvalue weighted by Crippen LogP contribution is 2.26. The van der Waals surface area contributed by atoms with E-state index in [4.69, 9.17) is 9.15 Å². The van der Waals surface area contributed by atoms with Crippen molar-refractivity contribution in [2.75, 3.05) is 37.9 Å². The molecule has 7 nitrogen and oxygen atoms in total. The first-order valence-corrected chi connectivity index (χ1v) is 12.6. The zero-order valence-electron chi connectivity index (χ0n) is 20.3. The molecule has 0 N–H and O–H groups in total. The third kappa shape index (κ3) is 6.39. The molecule has 0 saturated carbocycles. The van der Waals surface area contributed by atoms with E-state index < -0.39 is 0 Å². The van der Waals surface area contributed by atoms with Gasteiger partial charge in [0.1, 0.15) is 0 Å². The molecular weight excluding hydrogens is 448 g/mol.